The second-order valence-electron chi connectivity index (χ2n) is 10.2. The largest absolute Gasteiger partial charge is 0.477 e. The summed E-state index contributed by atoms with van der Waals surface area (Å²) in [5.74, 6) is -9.50. The van der Waals surface area contributed by atoms with E-state index in [0.717, 1.165) is 27.7 Å². The molecule has 16 heteroatoms. The van der Waals surface area contributed by atoms with Crippen molar-refractivity contribution in [1.82, 2.24) is 0 Å². The summed E-state index contributed by atoms with van der Waals surface area (Å²) in [6.45, 7) is 8.26. The van der Waals surface area contributed by atoms with Gasteiger partial charge in [-0.25, -0.2) is 4.79 Å². The standard InChI is InChI=1S/C25H36O16/c1-10-16(18-20(22(32-8)34-10)40-24(6,7)39-18)41-25(23(30)31)21(37-14(5)29)19(36-13(4)28)17(35-12(3)27)15(38-25)9-33-11(2)26/h10,15-22H,9H2,1-8H3,(H,30,31)/t10-,15+,16-,17+,18+,19-,20+,21-,22+,25+/m0/s1. The highest BCUT2D eigenvalue weighted by atomic mass is 16.8. The van der Waals surface area contributed by atoms with Crippen LogP contribution >= 0.6 is 0 Å². The number of carboxylic acids is 1. The molecule has 0 saturated carbocycles. The molecule has 3 rings (SSSR count). The number of carbonyl (C=O) groups is 5. The van der Waals surface area contributed by atoms with Crippen LogP contribution in [0.5, 0.6) is 0 Å². The summed E-state index contributed by atoms with van der Waals surface area (Å²) < 4.78 is 56.3. The van der Waals surface area contributed by atoms with E-state index < -0.39 is 103 Å². The molecule has 41 heavy (non-hydrogen) atoms. The van der Waals surface area contributed by atoms with Crippen LogP contribution in [-0.2, 0) is 71.3 Å². The van der Waals surface area contributed by atoms with Gasteiger partial charge in [-0.15, -0.1) is 0 Å². The van der Waals surface area contributed by atoms with E-state index in [1.165, 1.54) is 7.11 Å². The van der Waals surface area contributed by atoms with E-state index in [-0.39, 0.29) is 0 Å². The molecular formula is C25H36O16. The lowest BCUT2D eigenvalue weighted by molar-refractivity contribution is -0.384. The monoisotopic (exact) mass is 592 g/mol. The maximum atomic E-state index is 13.1. The maximum Gasteiger partial charge on any atom is 0.368 e. The van der Waals surface area contributed by atoms with Crippen LogP contribution in [0, 0.1) is 0 Å². The number of hydrogen-bond donors (Lipinski definition) is 1. The SMILES string of the molecule is CO[C@@H]1O[C@@H](C)[C@H](O[C@]2(C(=O)O)O[C@H](COC(C)=O)[C@@H](OC(C)=O)[C@H](OC(C)=O)[C@@H]2OC(C)=O)[C@H]2OC(C)(C)O[C@@H]12. The number of rotatable bonds is 9. The summed E-state index contributed by atoms with van der Waals surface area (Å²) in [6, 6.07) is 0. The van der Waals surface area contributed by atoms with Gasteiger partial charge in [-0.3, -0.25) is 19.2 Å². The topological polar surface area (TPSA) is 198 Å². The molecule has 0 aromatic heterocycles. The average Bonchev–Trinajstić information content (AvgIpc) is 3.17. The minimum atomic E-state index is -2.93. The van der Waals surface area contributed by atoms with Crippen LogP contribution in [0.3, 0.4) is 0 Å². The lowest BCUT2D eigenvalue weighted by atomic mass is 9.90. The number of ether oxygens (including phenoxy) is 10. The molecule has 0 aromatic carbocycles. The highest BCUT2D eigenvalue weighted by Gasteiger charge is 2.68. The van der Waals surface area contributed by atoms with Gasteiger partial charge >= 0.3 is 35.6 Å². The fraction of sp³-hybridized carbons (Fsp3) is 0.800. The predicted octanol–water partition coefficient (Wildman–Crippen LogP) is -0.179. The Balaban J connectivity index is 2.16. The van der Waals surface area contributed by atoms with E-state index in [1.807, 2.05) is 0 Å². The predicted molar refractivity (Wildman–Crippen MR) is 129 cm³/mol. The summed E-state index contributed by atoms with van der Waals surface area (Å²) >= 11 is 0. The fourth-order valence-corrected chi connectivity index (χ4v) is 5.05. The second kappa shape index (κ2) is 12.5. The molecule has 10 atom stereocenters. The van der Waals surface area contributed by atoms with Gasteiger partial charge in [0.25, 0.3) is 0 Å². The molecule has 3 fully saturated rings. The fourth-order valence-electron chi connectivity index (χ4n) is 5.05. The molecule has 1 N–H and O–H groups in total. The summed E-state index contributed by atoms with van der Waals surface area (Å²) in [5.41, 5.74) is 0. The van der Waals surface area contributed by atoms with Crippen molar-refractivity contribution in [3.8, 4) is 0 Å². The molecule has 0 unspecified atom stereocenters. The Morgan fingerprint density at radius 1 is 0.780 bits per heavy atom. The molecule has 3 aliphatic rings. The zero-order chi connectivity index (χ0) is 30.9. The van der Waals surface area contributed by atoms with E-state index in [9.17, 15) is 29.1 Å². The van der Waals surface area contributed by atoms with Gasteiger partial charge in [0.2, 0.25) is 6.10 Å². The molecule has 0 radical (unpaired) electrons. The Morgan fingerprint density at radius 2 is 1.34 bits per heavy atom. The summed E-state index contributed by atoms with van der Waals surface area (Å²) in [4.78, 5) is 61.2. The van der Waals surface area contributed by atoms with Crippen molar-refractivity contribution < 1.29 is 76.4 Å². The Labute approximate surface area is 235 Å². The van der Waals surface area contributed by atoms with Gasteiger partial charge in [0, 0.05) is 34.8 Å². The highest BCUT2D eigenvalue weighted by molar-refractivity contribution is 5.78. The first-order valence-corrected chi connectivity index (χ1v) is 12.8. The molecular weight excluding hydrogens is 556 g/mol. The van der Waals surface area contributed by atoms with Crippen LogP contribution < -0.4 is 0 Å². The zero-order valence-electron chi connectivity index (χ0n) is 24.0. The van der Waals surface area contributed by atoms with Crippen molar-refractivity contribution in [2.75, 3.05) is 13.7 Å². The summed E-state index contributed by atoms with van der Waals surface area (Å²) in [6.07, 6.45) is -11.9. The third kappa shape index (κ3) is 7.13. The van der Waals surface area contributed by atoms with E-state index in [4.69, 9.17) is 47.4 Å². The Morgan fingerprint density at radius 3 is 1.85 bits per heavy atom. The molecule has 3 aliphatic heterocycles. The Hall–Kier alpha value is -2.89. The van der Waals surface area contributed by atoms with E-state index in [2.05, 4.69) is 0 Å². The number of aliphatic carboxylic acids is 1. The van der Waals surface area contributed by atoms with Crippen molar-refractivity contribution in [2.45, 2.75) is 115 Å². The van der Waals surface area contributed by atoms with Crippen molar-refractivity contribution in [3.05, 3.63) is 0 Å². The number of esters is 4. The zero-order valence-corrected chi connectivity index (χ0v) is 24.0. The molecule has 3 heterocycles. The maximum absolute atomic E-state index is 13.1. The van der Waals surface area contributed by atoms with Gasteiger partial charge in [0.1, 0.15) is 31.0 Å². The van der Waals surface area contributed by atoms with Gasteiger partial charge in [-0.05, 0) is 20.8 Å². The molecule has 0 aliphatic carbocycles. The number of fused-ring (bicyclic) bond motifs is 1. The molecule has 3 saturated heterocycles. The van der Waals surface area contributed by atoms with Gasteiger partial charge in [-0.2, -0.15) is 0 Å². The number of hydrogen-bond acceptors (Lipinski definition) is 15. The van der Waals surface area contributed by atoms with Gasteiger partial charge in [-0.1, -0.05) is 0 Å². The first kappa shape index (κ1) is 32.6. The van der Waals surface area contributed by atoms with Crippen LogP contribution in [0.25, 0.3) is 0 Å². The molecule has 0 spiro atoms. The third-order valence-electron chi connectivity index (χ3n) is 6.45. The minimum absolute atomic E-state index is 0.655. The lowest BCUT2D eigenvalue weighted by Gasteiger charge is -2.51. The summed E-state index contributed by atoms with van der Waals surface area (Å²) in [5, 5.41) is 10.6. The number of carbonyl (C=O) groups excluding carboxylic acids is 4. The van der Waals surface area contributed by atoms with Gasteiger partial charge in [0.15, 0.2) is 24.3 Å². The van der Waals surface area contributed by atoms with Crippen molar-refractivity contribution in [1.29, 1.82) is 0 Å². The van der Waals surface area contributed by atoms with Crippen molar-refractivity contribution in [2.24, 2.45) is 0 Å². The van der Waals surface area contributed by atoms with Gasteiger partial charge in [0.05, 0.1) is 6.10 Å². The normalized spacial score (nSPS) is 37.8. The average molecular weight is 593 g/mol. The highest BCUT2D eigenvalue weighted by Crippen LogP contribution is 2.44. The van der Waals surface area contributed by atoms with Crippen LogP contribution in [-0.4, -0.2) is 115 Å². The Kier molecular flexibility index (Phi) is 9.98. The Bertz CT molecular complexity index is 1030. The van der Waals surface area contributed by atoms with Crippen LogP contribution in [0.2, 0.25) is 0 Å². The van der Waals surface area contributed by atoms with Crippen LogP contribution in [0.1, 0.15) is 48.5 Å². The number of carboxylic acid groups (broad SMARTS) is 1. The molecule has 0 aromatic rings. The van der Waals surface area contributed by atoms with Crippen LogP contribution in [0.4, 0.5) is 0 Å². The smallest absolute Gasteiger partial charge is 0.368 e. The van der Waals surface area contributed by atoms with E-state index in [0.29, 0.717) is 0 Å². The van der Waals surface area contributed by atoms with E-state index in [1.54, 1.807) is 20.8 Å². The first-order chi connectivity index (χ1) is 19.0. The second-order valence-corrected chi connectivity index (χ2v) is 10.2. The molecule has 232 valence electrons. The third-order valence-corrected chi connectivity index (χ3v) is 6.45. The summed E-state index contributed by atoms with van der Waals surface area (Å²) in [7, 11) is 1.39. The van der Waals surface area contributed by atoms with Gasteiger partial charge < -0.3 is 52.5 Å². The molecule has 16 nitrogen and oxygen atoms in total. The van der Waals surface area contributed by atoms with Crippen molar-refractivity contribution in [3.63, 3.8) is 0 Å². The number of methoxy groups -OCH3 is 1. The van der Waals surface area contributed by atoms with Crippen LogP contribution in [0.15, 0.2) is 0 Å². The minimum Gasteiger partial charge on any atom is -0.477 e. The van der Waals surface area contributed by atoms with E-state index >= 15 is 0 Å². The first-order valence-electron chi connectivity index (χ1n) is 12.8. The quantitative estimate of drug-likeness (QED) is 0.273. The lowest BCUT2D eigenvalue weighted by Crippen LogP contribution is -2.73. The molecule has 0 amide bonds. The molecule has 0 bridgehead atoms. The van der Waals surface area contributed by atoms with Crippen molar-refractivity contribution >= 4 is 29.8 Å².